The van der Waals surface area contributed by atoms with E-state index in [4.69, 9.17) is 9.63 Å². The Morgan fingerprint density at radius 1 is 1.55 bits per heavy atom. The van der Waals surface area contributed by atoms with Crippen LogP contribution in [0, 0.1) is 12.8 Å². The van der Waals surface area contributed by atoms with Crippen LogP contribution in [0.5, 0.6) is 0 Å². The van der Waals surface area contributed by atoms with Crippen molar-refractivity contribution >= 4 is 12.0 Å². The summed E-state index contributed by atoms with van der Waals surface area (Å²) in [5.74, 6) is 0.379. The first-order valence-electron chi connectivity index (χ1n) is 6.58. The number of hydrogen-bond donors (Lipinski definition) is 2. The van der Waals surface area contributed by atoms with Gasteiger partial charge in [0.05, 0.1) is 6.54 Å². The van der Waals surface area contributed by atoms with Crippen LogP contribution < -0.4 is 5.32 Å². The lowest BCUT2D eigenvalue weighted by atomic mass is 10.0. The highest BCUT2D eigenvalue weighted by molar-refractivity contribution is 5.74. The molecule has 0 saturated carbocycles. The second-order valence-corrected chi connectivity index (χ2v) is 4.93. The van der Waals surface area contributed by atoms with Crippen molar-refractivity contribution in [1.29, 1.82) is 0 Å². The molecule has 0 spiro atoms. The van der Waals surface area contributed by atoms with Crippen molar-refractivity contribution in [3.63, 3.8) is 0 Å². The Bertz CT molecular complexity index is 488. The fourth-order valence-electron chi connectivity index (χ4n) is 2.26. The zero-order valence-corrected chi connectivity index (χ0v) is 11.3. The molecule has 0 radical (unpaired) electrons. The Morgan fingerprint density at radius 2 is 2.35 bits per heavy atom. The molecular weight excluding hydrogens is 264 g/mol. The van der Waals surface area contributed by atoms with Crippen LogP contribution in [0.2, 0.25) is 0 Å². The van der Waals surface area contributed by atoms with Crippen LogP contribution in [0.1, 0.15) is 31.0 Å². The van der Waals surface area contributed by atoms with Crippen molar-refractivity contribution in [2.75, 3.05) is 13.1 Å². The van der Waals surface area contributed by atoms with Crippen molar-refractivity contribution < 1.29 is 19.2 Å². The van der Waals surface area contributed by atoms with Gasteiger partial charge < -0.3 is 19.8 Å². The van der Waals surface area contributed by atoms with Gasteiger partial charge in [-0.3, -0.25) is 4.79 Å². The fraction of sp³-hybridized carbons (Fsp3) is 0.667. The highest BCUT2D eigenvalue weighted by Crippen LogP contribution is 2.20. The first kappa shape index (κ1) is 14.3. The molecule has 1 saturated heterocycles. The number of rotatable bonds is 5. The zero-order chi connectivity index (χ0) is 14.5. The molecule has 1 aliphatic rings. The molecule has 1 aromatic rings. The molecule has 0 aliphatic carbocycles. The van der Waals surface area contributed by atoms with E-state index < -0.39 is 5.97 Å². The number of carboxylic acid groups (broad SMARTS) is 1. The number of urea groups is 1. The Morgan fingerprint density at radius 3 is 3.00 bits per heavy atom. The third kappa shape index (κ3) is 3.94. The van der Waals surface area contributed by atoms with E-state index in [1.807, 2.05) is 0 Å². The van der Waals surface area contributed by atoms with Crippen molar-refractivity contribution in [2.24, 2.45) is 5.92 Å². The Labute approximate surface area is 116 Å². The summed E-state index contributed by atoms with van der Waals surface area (Å²) in [6, 6.07) is -0.182. The standard InChI is InChI=1S/C12H18N4O4/c1-8-14-10(20-15-8)6-13-12(19)16-5-4-9(7-16)2-3-11(17)18/h9H,2-7H2,1H3,(H,13,19)(H,17,18). The summed E-state index contributed by atoms with van der Waals surface area (Å²) in [7, 11) is 0. The molecule has 20 heavy (non-hydrogen) atoms. The van der Waals surface area contributed by atoms with Crippen LogP contribution in [-0.4, -0.2) is 45.2 Å². The van der Waals surface area contributed by atoms with Crippen molar-refractivity contribution in [2.45, 2.75) is 32.7 Å². The number of amides is 2. The highest BCUT2D eigenvalue weighted by atomic mass is 16.5. The lowest BCUT2D eigenvalue weighted by molar-refractivity contribution is -0.137. The number of hydrogen-bond acceptors (Lipinski definition) is 5. The van der Waals surface area contributed by atoms with Crippen LogP contribution in [0.15, 0.2) is 4.52 Å². The van der Waals surface area contributed by atoms with Crippen LogP contribution in [0.3, 0.4) is 0 Å². The molecule has 1 fully saturated rings. The van der Waals surface area contributed by atoms with Gasteiger partial charge in [0.1, 0.15) is 0 Å². The monoisotopic (exact) mass is 282 g/mol. The predicted octanol–water partition coefficient (Wildman–Crippen LogP) is 0.774. The number of likely N-dealkylation sites (tertiary alicyclic amines) is 1. The van der Waals surface area contributed by atoms with E-state index in [1.165, 1.54) is 0 Å². The third-order valence-electron chi connectivity index (χ3n) is 3.30. The highest BCUT2D eigenvalue weighted by Gasteiger charge is 2.26. The third-order valence-corrected chi connectivity index (χ3v) is 3.30. The maximum Gasteiger partial charge on any atom is 0.317 e. The summed E-state index contributed by atoms with van der Waals surface area (Å²) < 4.78 is 4.90. The fourth-order valence-corrected chi connectivity index (χ4v) is 2.26. The topological polar surface area (TPSA) is 109 Å². The predicted molar refractivity (Wildman–Crippen MR) is 67.8 cm³/mol. The molecule has 2 heterocycles. The number of aromatic nitrogens is 2. The Hall–Kier alpha value is -2.12. The van der Waals surface area contributed by atoms with Crippen LogP contribution >= 0.6 is 0 Å². The lowest BCUT2D eigenvalue weighted by Crippen LogP contribution is -2.38. The van der Waals surface area contributed by atoms with Crippen LogP contribution in [0.25, 0.3) is 0 Å². The van der Waals surface area contributed by atoms with E-state index >= 15 is 0 Å². The summed E-state index contributed by atoms with van der Waals surface area (Å²) in [5, 5.41) is 15.0. The number of aryl methyl sites for hydroxylation is 1. The van der Waals surface area contributed by atoms with E-state index in [9.17, 15) is 9.59 Å². The second-order valence-electron chi connectivity index (χ2n) is 4.93. The van der Waals surface area contributed by atoms with Gasteiger partial charge in [0.15, 0.2) is 5.82 Å². The van der Waals surface area contributed by atoms with Crippen LogP contribution in [-0.2, 0) is 11.3 Å². The SMILES string of the molecule is Cc1noc(CNC(=O)N2CCC(CCC(=O)O)C2)n1. The molecule has 110 valence electrons. The van der Waals surface area contributed by atoms with Crippen LogP contribution in [0.4, 0.5) is 4.79 Å². The quantitative estimate of drug-likeness (QED) is 0.825. The van der Waals surface area contributed by atoms with Gasteiger partial charge in [-0.25, -0.2) is 4.79 Å². The first-order valence-corrected chi connectivity index (χ1v) is 6.58. The minimum absolute atomic E-state index is 0.154. The number of carboxylic acids is 1. The normalized spacial score (nSPS) is 18.2. The summed E-state index contributed by atoms with van der Waals surface area (Å²) in [4.78, 5) is 28.1. The maximum absolute atomic E-state index is 11.9. The van der Waals surface area contributed by atoms with Crippen molar-refractivity contribution in [1.82, 2.24) is 20.4 Å². The van der Waals surface area contributed by atoms with E-state index in [0.717, 1.165) is 6.42 Å². The molecule has 2 rings (SSSR count). The van der Waals surface area contributed by atoms with Gasteiger partial charge in [-0.15, -0.1) is 0 Å². The molecule has 2 amide bonds. The van der Waals surface area contributed by atoms with Crippen molar-refractivity contribution in [3.8, 4) is 0 Å². The average Bonchev–Trinajstić information content (AvgIpc) is 3.02. The Balaban J connectivity index is 1.72. The van der Waals surface area contributed by atoms with Gasteiger partial charge in [0.25, 0.3) is 0 Å². The van der Waals surface area contributed by atoms with E-state index in [2.05, 4.69) is 15.5 Å². The molecule has 0 aromatic carbocycles. The second kappa shape index (κ2) is 6.36. The largest absolute Gasteiger partial charge is 0.481 e. The molecule has 1 aromatic heterocycles. The molecule has 0 bridgehead atoms. The number of carbonyl (C=O) groups excluding carboxylic acids is 1. The van der Waals surface area contributed by atoms with Gasteiger partial charge in [-0.2, -0.15) is 4.98 Å². The van der Waals surface area contributed by atoms with Crippen molar-refractivity contribution in [3.05, 3.63) is 11.7 Å². The lowest BCUT2D eigenvalue weighted by Gasteiger charge is -2.16. The van der Waals surface area contributed by atoms with E-state index in [1.54, 1.807) is 11.8 Å². The molecular formula is C12H18N4O4. The summed E-state index contributed by atoms with van der Waals surface area (Å²) in [5.41, 5.74) is 0. The molecule has 1 aliphatic heterocycles. The van der Waals surface area contributed by atoms with E-state index in [0.29, 0.717) is 31.2 Å². The number of nitrogens with one attached hydrogen (secondary N) is 1. The minimum atomic E-state index is -0.792. The Kier molecular flexibility index (Phi) is 4.54. The summed E-state index contributed by atoms with van der Waals surface area (Å²) in [6.45, 7) is 3.17. The number of carbonyl (C=O) groups is 2. The van der Waals surface area contributed by atoms with Gasteiger partial charge in [-0.05, 0) is 25.7 Å². The van der Waals surface area contributed by atoms with Gasteiger partial charge >= 0.3 is 12.0 Å². The van der Waals surface area contributed by atoms with E-state index in [-0.39, 0.29) is 24.9 Å². The average molecular weight is 282 g/mol. The molecule has 1 unspecified atom stereocenters. The minimum Gasteiger partial charge on any atom is -0.481 e. The number of aliphatic carboxylic acids is 1. The zero-order valence-electron chi connectivity index (χ0n) is 11.3. The first-order chi connectivity index (χ1) is 9.54. The summed E-state index contributed by atoms with van der Waals surface area (Å²) in [6.07, 6.45) is 1.61. The smallest absolute Gasteiger partial charge is 0.317 e. The number of nitrogens with zero attached hydrogens (tertiary/aromatic N) is 3. The molecule has 8 heteroatoms. The van der Waals surface area contributed by atoms with Gasteiger partial charge in [-0.1, -0.05) is 5.16 Å². The molecule has 2 N–H and O–H groups in total. The van der Waals surface area contributed by atoms with Gasteiger partial charge in [0, 0.05) is 19.5 Å². The molecule has 1 atom stereocenters. The maximum atomic E-state index is 11.9. The molecule has 8 nitrogen and oxygen atoms in total. The summed E-state index contributed by atoms with van der Waals surface area (Å²) >= 11 is 0. The van der Waals surface area contributed by atoms with Gasteiger partial charge in [0.2, 0.25) is 5.89 Å².